The Bertz CT molecular complexity index is 126. The third-order valence-electron chi connectivity index (χ3n) is 1.77. The van der Waals surface area contributed by atoms with Crippen LogP contribution in [0.4, 0.5) is 0 Å². The van der Waals surface area contributed by atoms with Crippen molar-refractivity contribution in [3.05, 3.63) is 63.7 Å². The van der Waals surface area contributed by atoms with E-state index in [2.05, 4.69) is 0 Å². The van der Waals surface area contributed by atoms with Gasteiger partial charge in [-0.3, -0.25) is 0 Å². The number of aliphatic hydroxyl groups is 1. The minimum atomic E-state index is -0.498. The molecule has 0 aromatic heterocycles. The molecular weight excluding hydrogens is 251 g/mol. The summed E-state index contributed by atoms with van der Waals surface area (Å²) in [6.45, 7) is 0. The summed E-state index contributed by atoms with van der Waals surface area (Å²) in [6.07, 6.45) is 17.0. The molecule has 0 unspecified atom stereocenters. The molecule has 2 aliphatic carbocycles. The van der Waals surface area contributed by atoms with Gasteiger partial charge in [-0.25, -0.2) is 0 Å². The SMILES string of the molecule is O[C@@H](CCl)[C]1[CH][CH][CH][CH]1.[CH]1[CH][CH][CH][CH]1.[Fe+2]. The summed E-state index contributed by atoms with van der Waals surface area (Å²) in [5.74, 6) is 1.16. The van der Waals surface area contributed by atoms with Gasteiger partial charge in [0.15, 0.2) is 0 Å². The molecule has 2 aliphatic rings. The Morgan fingerprint density at radius 2 is 1.33 bits per heavy atom. The Morgan fingerprint density at radius 1 is 0.933 bits per heavy atom. The van der Waals surface area contributed by atoms with Crippen molar-refractivity contribution in [3.8, 4) is 0 Å². The maximum absolute atomic E-state index is 9.09. The van der Waals surface area contributed by atoms with Gasteiger partial charge in [0, 0.05) is 11.8 Å². The van der Waals surface area contributed by atoms with Gasteiger partial charge in [-0.2, -0.15) is 0 Å². The van der Waals surface area contributed by atoms with E-state index in [4.69, 9.17) is 16.7 Å². The van der Waals surface area contributed by atoms with Gasteiger partial charge in [-0.15, -0.1) is 11.6 Å². The molecule has 2 rings (SSSR count). The van der Waals surface area contributed by atoms with Gasteiger partial charge in [0.1, 0.15) is 0 Å². The summed E-state index contributed by atoms with van der Waals surface area (Å²) in [6, 6.07) is 0. The molecule has 0 saturated heterocycles. The first-order valence-corrected chi connectivity index (χ1v) is 5.00. The quantitative estimate of drug-likeness (QED) is 0.597. The molecule has 1 nitrogen and oxygen atoms in total. The Labute approximate surface area is 109 Å². The molecular formula is C12H13ClFeO+2. The second kappa shape index (κ2) is 9.96. The molecule has 0 aromatic rings. The predicted molar refractivity (Wildman–Crippen MR) is 58.7 cm³/mol. The molecule has 3 heteroatoms. The normalized spacial score (nSPS) is 22.8. The van der Waals surface area contributed by atoms with Crippen molar-refractivity contribution in [2.45, 2.75) is 6.10 Å². The van der Waals surface area contributed by atoms with Crippen molar-refractivity contribution in [2.75, 3.05) is 5.88 Å². The van der Waals surface area contributed by atoms with Crippen LogP contribution in [0, 0.1) is 63.7 Å². The van der Waals surface area contributed by atoms with E-state index in [1.54, 1.807) is 0 Å². The van der Waals surface area contributed by atoms with Crippen LogP contribution in [0.3, 0.4) is 0 Å². The van der Waals surface area contributed by atoms with Gasteiger partial charge in [-0.05, 0) is 57.8 Å². The maximum Gasteiger partial charge on any atom is 2.00 e. The fraction of sp³-hybridized carbons (Fsp3) is 0.167. The molecule has 1 N–H and O–H groups in total. The number of rotatable bonds is 2. The first-order valence-electron chi connectivity index (χ1n) is 4.47. The molecule has 0 spiro atoms. The second-order valence-electron chi connectivity index (χ2n) is 2.85. The second-order valence-corrected chi connectivity index (χ2v) is 3.16. The number of alkyl halides is 1. The standard InChI is InChI=1S/C7H8ClO.C5H5.Fe/c8-5-7(9)6-3-1-2-4-6;1-2-4-5-3-1;/h1-4,7,9H,5H2;1-5H;/q;;+2/t7-;;/m0../s1. The molecule has 0 aliphatic heterocycles. The molecule has 15 heavy (non-hydrogen) atoms. The summed E-state index contributed by atoms with van der Waals surface area (Å²) in [4.78, 5) is 0. The minimum Gasteiger partial charge on any atom is -0.391 e. The topological polar surface area (TPSA) is 20.2 Å². The Morgan fingerprint density at radius 3 is 1.67 bits per heavy atom. The van der Waals surface area contributed by atoms with E-state index in [1.165, 1.54) is 0 Å². The first-order chi connectivity index (χ1) is 6.84. The minimum absolute atomic E-state index is 0. The molecule has 80 valence electrons. The van der Waals surface area contributed by atoms with Crippen molar-refractivity contribution < 1.29 is 22.2 Å². The van der Waals surface area contributed by atoms with Crippen LogP contribution in [0.2, 0.25) is 0 Å². The van der Waals surface area contributed by atoms with E-state index in [0.29, 0.717) is 0 Å². The van der Waals surface area contributed by atoms with Crippen LogP contribution in [0.1, 0.15) is 0 Å². The average molecular weight is 265 g/mol. The van der Waals surface area contributed by atoms with Gasteiger partial charge in [0.05, 0.1) is 6.10 Å². The monoisotopic (exact) mass is 264 g/mol. The zero-order valence-corrected chi connectivity index (χ0v) is 10.0. The van der Waals surface area contributed by atoms with E-state index in [-0.39, 0.29) is 22.9 Å². The van der Waals surface area contributed by atoms with Gasteiger partial charge in [0.25, 0.3) is 0 Å². The van der Waals surface area contributed by atoms with E-state index in [1.807, 2.05) is 57.8 Å². The van der Waals surface area contributed by atoms with Crippen LogP contribution < -0.4 is 0 Å². The number of aliphatic hydroxyl groups excluding tert-OH is 1. The smallest absolute Gasteiger partial charge is 0.391 e. The van der Waals surface area contributed by atoms with Crippen LogP contribution in [-0.4, -0.2) is 17.1 Å². The van der Waals surface area contributed by atoms with Crippen molar-refractivity contribution >= 4 is 11.6 Å². The molecule has 2 fully saturated rings. The van der Waals surface area contributed by atoms with Crippen molar-refractivity contribution in [3.63, 3.8) is 0 Å². The van der Waals surface area contributed by atoms with E-state index < -0.39 is 6.10 Å². The first kappa shape index (κ1) is 15.8. The summed E-state index contributed by atoms with van der Waals surface area (Å²) in [7, 11) is 0. The third-order valence-corrected chi connectivity index (χ3v) is 2.07. The van der Waals surface area contributed by atoms with Crippen molar-refractivity contribution in [1.82, 2.24) is 0 Å². The zero-order valence-electron chi connectivity index (χ0n) is 8.16. The van der Waals surface area contributed by atoms with E-state index in [9.17, 15) is 0 Å². The fourth-order valence-corrected chi connectivity index (χ4v) is 1.20. The van der Waals surface area contributed by atoms with Gasteiger partial charge in [-0.1, -0.05) is 0 Å². The summed E-state index contributed by atoms with van der Waals surface area (Å²) < 4.78 is 0. The van der Waals surface area contributed by atoms with Gasteiger partial charge in [0.2, 0.25) is 0 Å². The fourth-order valence-electron chi connectivity index (χ4n) is 1.02. The Balaban J connectivity index is 0.000000280. The predicted octanol–water partition coefficient (Wildman–Crippen LogP) is 2.01. The number of halogens is 1. The van der Waals surface area contributed by atoms with Gasteiger partial charge >= 0.3 is 17.1 Å². The van der Waals surface area contributed by atoms with E-state index in [0.717, 1.165) is 5.92 Å². The molecule has 1 atom stereocenters. The Kier molecular flexibility index (Phi) is 10.5. The molecule has 10 radical (unpaired) electrons. The molecule has 0 heterocycles. The molecule has 0 aromatic carbocycles. The van der Waals surface area contributed by atoms with Crippen LogP contribution in [0.15, 0.2) is 0 Å². The summed E-state index contributed by atoms with van der Waals surface area (Å²) >= 11 is 5.39. The van der Waals surface area contributed by atoms with Crippen molar-refractivity contribution in [2.24, 2.45) is 0 Å². The molecule has 0 bridgehead atoms. The van der Waals surface area contributed by atoms with Crippen LogP contribution in [0.25, 0.3) is 0 Å². The van der Waals surface area contributed by atoms with Crippen LogP contribution in [-0.2, 0) is 17.1 Å². The molecule has 2 saturated carbocycles. The van der Waals surface area contributed by atoms with Crippen molar-refractivity contribution in [1.29, 1.82) is 0 Å². The summed E-state index contributed by atoms with van der Waals surface area (Å²) in [5.41, 5.74) is 0. The Hall–Kier alpha value is 0.769. The summed E-state index contributed by atoms with van der Waals surface area (Å²) in [5, 5.41) is 9.09. The average Bonchev–Trinajstić information content (AvgIpc) is 2.91. The van der Waals surface area contributed by atoms with Crippen LogP contribution in [0.5, 0.6) is 0 Å². The molecule has 0 amide bonds. The maximum atomic E-state index is 9.09. The van der Waals surface area contributed by atoms with E-state index >= 15 is 0 Å². The number of hydrogen-bond acceptors (Lipinski definition) is 1. The number of hydrogen-bond donors (Lipinski definition) is 1. The van der Waals surface area contributed by atoms with Crippen LogP contribution >= 0.6 is 11.6 Å². The van der Waals surface area contributed by atoms with Gasteiger partial charge < -0.3 is 5.11 Å². The zero-order chi connectivity index (χ0) is 10.2. The third kappa shape index (κ3) is 6.84. The largest absolute Gasteiger partial charge is 2.00 e.